The lowest BCUT2D eigenvalue weighted by molar-refractivity contribution is 0.451. The molecule has 0 aromatic carbocycles. The molecule has 0 fully saturated rings. The van der Waals surface area contributed by atoms with Crippen LogP contribution in [-0.2, 0) is 6.54 Å². The third kappa shape index (κ3) is 3.51. The summed E-state index contributed by atoms with van der Waals surface area (Å²) in [5.41, 5.74) is 0.894. The van der Waals surface area contributed by atoms with E-state index < -0.39 is 0 Å². The van der Waals surface area contributed by atoms with Gasteiger partial charge < -0.3 is 10.1 Å². The first kappa shape index (κ1) is 15.3. The fourth-order valence-corrected chi connectivity index (χ4v) is 1.97. The molecule has 2 rings (SSSR count). The largest absolute Gasteiger partial charge is 0.435 e. The van der Waals surface area contributed by atoms with Crippen LogP contribution in [0.25, 0.3) is 0 Å². The maximum Gasteiger partial charge on any atom is 0.227 e. The van der Waals surface area contributed by atoms with Crippen LogP contribution in [0.1, 0.15) is 44.5 Å². The zero-order chi connectivity index (χ0) is 15.4. The number of rotatable bonds is 6. The molecule has 1 N–H and O–H groups in total. The van der Waals surface area contributed by atoms with Gasteiger partial charge >= 0.3 is 0 Å². The molecule has 0 spiro atoms. The van der Waals surface area contributed by atoms with Crippen LogP contribution >= 0.6 is 0 Å². The van der Waals surface area contributed by atoms with Crippen LogP contribution in [0.4, 0.5) is 5.82 Å². The highest BCUT2D eigenvalue weighted by Crippen LogP contribution is 2.28. The lowest BCUT2D eigenvalue weighted by Crippen LogP contribution is -2.06. The molecule has 0 unspecified atom stereocenters. The van der Waals surface area contributed by atoms with Gasteiger partial charge in [0.15, 0.2) is 5.75 Å². The molecule has 0 saturated carbocycles. The summed E-state index contributed by atoms with van der Waals surface area (Å²) in [5.74, 6) is 3.07. The van der Waals surface area contributed by atoms with E-state index >= 15 is 0 Å². The van der Waals surface area contributed by atoms with Crippen molar-refractivity contribution in [2.24, 2.45) is 0 Å². The van der Waals surface area contributed by atoms with E-state index in [0.29, 0.717) is 11.6 Å². The Labute approximate surface area is 125 Å². The average Bonchev–Trinajstić information content (AvgIpc) is 2.88. The second kappa shape index (κ2) is 6.56. The molecule has 0 atom stereocenters. The molecule has 2 heterocycles. The van der Waals surface area contributed by atoms with Crippen molar-refractivity contribution in [3.63, 3.8) is 0 Å². The summed E-state index contributed by atoms with van der Waals surface area (Å²) in [6.45, 7) is 9.07. The molecule has 114 valence electrons. The fourth-order valence-electron chi connectivity index (χ4n) is 1.97. The SMILES string of the molecule is CCCn1cc(Oc2nc(C(C)C)nc(NC)c2C)cn1. The first-order chi connectivity index (χ1) is 10.0. The van der Waals surface area contributed by atoms with E-state index in [2.05, 4.69) is 41.2 Å². The third-order valence-corrected chi connectivity index (χ3v) is 3.15. The summed E-state index contributed by atoms with van der Waals surface area (Å²) in [5, 5.41) is 7.35. The van der Waals surface area contributed by atoms with Gasteiger partial charge in [0.1, 0.15) is 11.6 Å². The summed E-state index contributed by atoms with van der Waals surface area (Å²) >= 11 is 0. The van der Waals surface area contributed by atoms with Crippen molar-refractivity contribution < 1.29 is 4.74 Å². The summed E-state index contributed by atoms with van der Waals surface area (Å²) < 4.78 is 7.76. The second-order valence-electron chi connectivity index (χ2n) is 5.31. The molecule has 0 saturated heterocycles. The zero-order valence-electron chi connectivity index (χ0n) is 13.3. The van der Waals surface area contributed by atoms with E-state index in [-0.39, 0.29) is 5.92 Å². The van der Waals surface area contributed by atoms with E-state index in [0.717, 1.165) is 30.2 Å². The van der Waals surface area contributed by atoms with Gasteiger partial charge in [0.25, 0.3) is 0 Å². The number of anilines is 1. The number of aryl methyl sites for hydroxylation is 1. The summed E-state index contributed by atoms with van der Waals surface area (Å²) in [4.78, 5) is 9.02. The van der Waals surface area contributed by atoms with Crippen LogP contribution in [0, 0.1) is 6.92 Å². The molecular weight excluding hydrogens is 266 g/mol. The summed E-state index contributed by atoms with van der Waals surface area (Å²) in [6.07, 6.45) is 4.64. The van der Waals surface area contributed by atoms with Crippen molar-refractivity contribution in [2.75, 3.05) is 12.4 Å². The number of hydrogen-bond donors (Lipinski definition) is 1. The number of hydrogen-bond acceptors (Lipinski definition) is 5. The minimum Gasteiger partial charge on any atom is -0.435 e. The monoisotopic (exact) mass is 289 g/mol. The highest BCUT2D eigenvalue weighted by molar-refractivity contribution is 5.49. The fraction of sp³-hybridized carbons (Fsp3) is 0.533. The topological polar surface area (TPSA) is 64.9 Å². The average molecular weight is 289 g/mol. The second-order valence-corrected chi connectivity index (χ2v) is 5.31. The smallest absolute Gasteiger partial charge is 0.227 e. The van der Waals surface area contributed by atoms with Crippen LogP contribution in [0.2, 0.25) is 0 Å². The van der Waals surface area contributed by atoms with E-state index in [1.165, 1.54) is 0 Å². The van der Waals surface area contributed by atoms with Gasteiger partial charge in [-0.2, -0.15) is 10.1 Å². The number of nitrogens with zero attached hydrogens (tertiary/aromatic N) is 4. The van der Waals surface area contributed by atoms with Gasteiger partial charge in [-0.25, -0.2) is 4.98 Å². The number of nitrogens with one attached hydrogen (secondary N) is 1. The Balaban J connectivity index is 2.31. The Morgan fingerprint density at radius 2 is 2.10 bits per heavy atom. The normalized spacial score (nSPS) is 11.0. The van der Waals surface area contributed by atoms with Crippen LogP contribution < -0.4 is 10.1 Å². The van der Waals surface area contributed by atoms with E-state index in [1.807, 2.05) is 24.9 Å². The van der Waals surface area contributed by atoms with Gasteiger partial charge in [-0.3, -0.25) is 4.68 Å². The quantitative estimate of drug-likeness (QED) is 0.883. The zero-order valence-corrected chi connectivity index (χ0v) is 13.3. The Kier molecular flexibility index (Phi) is 4.77. The minimum atomic E-state index is 0.239. The van der Waals surface area contributed by atoms with Gasteiger partial charge in [-0.15, -0.1) is 0 Å². The van der Waals surface area contributed by atoms with Crippen molar-refractivity contribution >= 4 is 5.82 Å². The van der Waals surface area contributed by atoms with E-state index in [1.54, 1.807) is 6.20 Å². The van der Waals surface area contributed by atoms with Crippen LogP contribution in [0.3, 0.4) is 0 Å². The van der Waals surface area contributed by atoms with Gasteiger partial charge in [0, 0.05) is 19.5 Å². The molecule has 21 heavy (non-hydrogen) atoms. The van der Waals surface area contributed by atoms with Gasteiger partial charge in [0.2, 0.25) is 5.88 Å². The maximum absolute atomic E-state index is 5.90. The molecule has 2 aromatic heterocycles. The molecule has 0 aliphatic carbocycles. The number of aromatic nitrogens is 4. The van der Waals surface area contributed by atoms with Gasteiger partial charge in [0.05, 0.1) is 18.0 Å². The van der Waals surface area contributed by atoms with Crippen molar-refractivity contribution in [2.45, 2.75) is 46.6 Å². The molecule has 2 aromatic rings. The highest BCUT2D eigenvalue weighted by atomic mass is 16.5. The molecule has 6 nitrogen and oxygen atoms in total. The molecule has 0 amide bonds. The predicted octanol–water partition coefficient (Wildman–Crippen LogP) is 3.35. The standard InChI is InChI=1S/C15H23N5O/c1-6-7-20-9-12(8-17-20)21-15-11(4)14(16-5)18-13(19-15)10(2)3/h8-10H,6-7H2,1-5H3,(H,16,18,19). The molecule has 0 aliphatic heterocycles. The number of ether oxygens (including phenoxy) is 1. The lowest BCUT2D eigenvalue weighted by Gasteiger charge is -2.13. The Morgan fingerprint density at radius 3 is 2.71 bits per heavy atom. The van der Waals surface area contributed by atoms with Crippen LogP contribution in [-0.4, -0.2) is 26.8 Å². The Bertz CT molecular complexity index is 606. The summed E-state index contributed by atoms with van der Waals surface area (Å²) in [6, 6.07) is 0. The first-order valence-corrected chi connectivity index (χ1v) is 7.31. The van der Waals surface area contributed by atoms with E-state index in [4.69, 9.17) is 4.74 Å². The van der Waals surface area contributed by atoms with Crippen molar-refractivity contribution in [3.8, 4) is 11.6 Å². The van der Waals surface area contributed by atoms with E-state index in [9.17, 15) is 0 Å². The molecule has 0 aliphatic rings. The van der Waals surface area contributed by atoms with Crippen molar-refractivity contribution in [3.05, 3.63) is 23.8 Å². The van der Waals surface area contributed by atoms with Gasteiger partial charge in [-0.05, 0) is 13.3 Å². The predicted molar refractivity (Wildman–Crippen MR) is 83.0 cm³/mol. The van der Waals surface area contributed by atoms with Crippen molar-refractivity contribution in [1.29, 1.82) is 0 Å². The Hall–Kier alpha value is -2.11. The Morgan fingerprint density at radius 1 is 1.33 bits per heavy atom. The van der Waals surface area contributed by atoms with Crippen molar-refractivity contribution in [1.82, 2.24) is 19.7 Å². The lowest BCUT2D eigenvalue weighted by atomic mass is 10.2. The molecule has 0 bridgehead atoms. The highest BCUT2D eigenvalue weighted by Gasteiger charge is 2.14. The van der Waals surface area contributed by atoms with Crippen LogP contribution in [0.5, 0.6) is 11.6 Å². The molecule has 6 heteroatoms. The van der Waals surface area contributed by atoms with Gasteiger partial charge in [-0.1, -0.05) is 20.8 Å². The third-order valence-electron chi connectivity index (χ3n) is 3.15. The molecule has 0 radical (unpaired) electrons. The van der Waals surface area contributed by atoms with Crippen LogP contribution in [0.15, 0.2) is 12.4 Å². The maximum atomic E-state index is 5.90. The molecular formula is C15H23N5O. The first-order valence-electron chi connectivity index (χ1n) is 7.31. The summed E-state index contributed by atoms with van der Waals surface area (Å²) in [7, 11) is 1.85. The minimum absolute atomic E-state index is 0.239.